The van der Waals surface area contributed by atoms with E-state index in [0.717, 1.165) is 18.8 Å². The van der Waals surface area contributed by atoms with Gasteiger partial charge in [-0.3, -0.25) is 4.98 Å². The Morgan fingerprint density at radius 3 is 2.35 bits per heavy atom. The number of hydrogen-bond donors (Lipinski definition) is 2. The first-order valence-electron chi connectivity index (χ1n) is 6.29. The van der Waals surface area contributed by atoms with Gasteiger partial charge in [-0.1, -0.05) is 19.9 Å². The Morgan fingerprint density at radius 1 is 1.18 bits per heavy atom. The van der Waals surface area contributed by atoms with Crippen molar-refractivity contribution in [3.05, 3.63) is 29.6 Å². The normalized spacial score (nSPS) is 12.1. The molecule has 0 aliphatic heterocycles. The van der Waals surface area contributed by atoms with Crippen LogP contribution in [0, 0.1) is 0 Å². The average molecular weight is 235 g/mol. The summed E-state index contributed by atoms with van der Waals surface area (Å²) >= 11 is 0. The van der Waals surface area contributed by atoms with Crippen molar-refractivity contribution in [2.45, 2.75) is 59.3 Å². The molecule has 0 aliphatic rings. The lowest BCUT2D eigenvalue weighted by Crippen LogP contribution is -2.35. The first-order valence-corrected chi connectivity index (χ1v) is 6.29. The second kappa shape index (κ2) is 6.12. The fourth-order valence-electron chi connectivity index (χ4n) is 1.34. The summed E-state index contributed by atoms with van der Waals surface area (Å²) in [5.41, 5.74) is 2.48. The average Bonchev–Trinajstić information content (AvgIpc) is 2.24. The number of nitrogens with zero attached hydrogens (tertiary/aromatic N) is 1. The highest BCUT2D eigenvalue weighted by atomic mass is 14.9. The number of rotatable bonds is 5. The van der Waals surface area contributed by atoms with Crippen molar-refractivity contribution in [2.24, 2.45) is 0 Å². The van der Waals surface area contributed by atoms with Crippen molar-refractivity contribution in [2.75, 3.05) is 0 Å². The molecule has 1 aromatic heterocycles. The van der Waals surface area contributed by atoms with Crippen molar-refractivity contribution < 1.29 is 0 Å². The molecular formula is C14H25N3. The van der Waals surface area contributed by atoms with E-state index in [0.29, 0.717) is 6.04 Å². The monoisotopic (exact) mass is 235 g/mol. The second-order valence-corrected chi connectivity index (χ2v) is 5.80. The number of pyridine rings is 1. The minimum atomic E-state index is 0.151. The van der Waals surface area contributed by atoms with Crippen LogP contribution in [-0.4, -0.2) is 16.6 Å². The summed E-state index contributed by atoms with van der Waals surface area (Å²) in [6.45, 7) is 12.5. The van der Waals surface area contributed by atoms with E-state index in [1.807, 2.05) is 6.20 Å². The minimum absolute atomic E-state index is 0.151. The Morgan fingerprint density at radius 2 is 1.88 bits per heavy atom. The highest BCUT2D eigenvalue weighted by Gasteiger charge is 2.08. The zero-order chi connectivity index (χ0) is 12.9. The Hall–Kier alpha value is -0.930. The van der Waals surface area contributed by atoms with Gasteiger partial charge in [0, 0.05) is 30.9 Å². The van der Waals surface area contributed by atoms with Crippen molar-refractivity contribution in [1.82, 2.24) is 15.6 Å². The van der Waals surface area contributed by atoms with Crippen LogP contribution in [-0.2, 0) is 13.1 Å². The number of hydrogen-bond acceptors (Lipinski definition) is 3. The highest BCUT2D eigenvalue weighted by Crippen LogP contribution is 2.04. The molecule has 1 heterocycles. The van der Waals surface area contributed by atoms with Crippen LogP contribution >= 0.6 is 0 Å². The molecule has 17 heavy (non-hydrogen) atoms. The molecule has 1 aromatic rings. The molecule has 0 aromatic carbocycles. The second-order valence-electron chi connectivity index (χ2n) is 5.80. The summed E-state index contributed by atoms with van der Waals surface area (Å²) in [7, 11) is 0. The molecule has 0 atom stereocenters. The van der Waals surface area contributed by atoms with Crippen LogP contribution < -0.4 is 10.6 Å². The van der Waals surface area contributed by atoms with Gasteiger partial charge in [0.1, 0.15) is 0 Å². The van der Waals surface area contributed by atoms with E-state index in [-0.39, 0.29) is 5.54 Å². The number of aromatic nitrogens is 1. The van der Waals surface area contributed by atoms with Crippen molar-refractivity contribution >= 4 is 0 Å². The Kier molecular flexibility index (Phi) is 5.09. The van der Waals surface area contributed by atoms with E-state index in [1.165, 1.54) is 5.56 Å². The highest BCUT2D eigenvalue weighted by molar-refractivity contribution is 5.14. The standard InChI is InChI=1S/C14H25N3/c1-11(2)15-10-13-7-6-12(8-16-13)9-17-14(3,4)5/h6-8,11,15,17H,9-10H2,1-5H3. The van der Waals surface area contributed by atoms with E-state index in [9.17, 15) is 0 Å². The maximum absolute atomic E-state index is 4.45. The molecule has 0 aliphatic carbocycles. The molecule has 0 amide bonds. The van der Waals surface area contributed by atoms with Gasteiger partial charge < -0.3 is 10.6 Å². The Bertz CT molecular complexity index is 322. The predicted molar refractivity (Wildman–Crippen MR) is 72.8 cm³/mol. The molecule has 3 heteroatoms. The molecule has 0 unspecified atom stereocenters. The fourth-order valence-corrected chi connectivity index (χ4v) is 1.34. The molecule has 96 valence electrons. The van der Waals surface area contributed by atoms with Gasteiger partial charge in [-0.05, 0) is 32.4 Å². The summed E-state index contributed by atoms with van der Waals surface area (Å²) in [6, 6.07) is 4.73. The summed E-state index contributed by atoms with van der Waals surface area (Å²) < 4.78 is 0. The SMILES string of the molecule is CC(C)NCc1ccc(CNC(C)(C)C)cn1. The lowest BCUT2D eigenvalue weighted by molar-refractivity contribution is 0.424. The topological polar surface area (TPSA) is 37.0 Å². The summed E-state index contributed by atoms with van der Waals surface area (Å²) in [4.78, 5) is 4.45. The van der Waals surface area contributed by atoms with Gasteiger partial charge in [-0.2, -0.15) is 0 Å². The first kappa shape index (κ1) is 14.1. The largest absolute Gasteiger partial charge is 0.309 e. The summed E-state index contributed by atoms with van der Waals surface area (Å²) in [5.74, 6) is 0. The number of nitrogens with one attached hydrogen (secondary N) is 2. The lowest BCUT2D eigenvalue weighted by atomic mass is 10.1. The van der Waals surface area contributed by atoms with Crippen LogP contribution in [0.3, 0.4) is 0 Å². The van der Waals surface area contributed by atoms with Crippen LogP contribution in [0.5, 0.6) is 0 Å². The lowest BCUT2D eigenvalue weighted by Gasteiger charge is -2.20. The quantitative estimate of drug-likeness (QED) is 0.823. The molecule has 3 nitrogen and oxygen atoms in total. The molecule has 0 saturated carbocycles. The summed E-state index contributed by atoms with van der Waals surface area (Å²) in [6.07, 6.45) is 1.95. The van der Waals surface area contributed by atoms with Crippen molar-refractivity contribution in [3.8, 4) is 0 Å². The predicted octanol–water partition coefficient (Wildman–Crippen LogP) is 2.47. The van der Waals surface area contributed by atoms with E-state index >= 15 is 0 Å². The molecule has 0 spiro atoms. The molecule has 0 radical (unpaired) electrons. The van der Waals surface area contributed by atoms with Gasteiger partial charge in [0.05, 0.1) is 5.69 Å². The zero-order valence-corrected chi connectivity index (χ0v) is 11.7. The third kappa shape index (κ3) is 6.39. The van der Waals surface area contributed by atoms with E-state index in [4.69, 9.17) is 0 Å². The van der Waals surface area contributed by atoms with Gasteiger partial charge in [-0.25, -0.2) is 0 Å². The summed E-state index contributed by atoms with van der Waals surface area (Å²) in [5, 5.41) is 6.81. The Labute approximate surface area is 105 Å². The third-order valence-corrected chi connectivity index (χ3v) is 2.40. The van der Waals surface area contributed by atoms with Gasteiger partial charge in [0.2, 0.25) is 0 Å². The van der Waals surface area contributed by atoms with Crippen LogP contribution in [0.4, 0.5) is 0 Å². The van der Waals surface area contributed by atoms with E-state index in [2.05, 4.69) is 62.4 Å². The van der Waals surface area contributed by atoms with Crippen LogP contribution in [0.25, 0.3) is 0 Å². The third-order valence-electron chi connectivity index (χ3n) is 2.40. The molecule has 0 fully saturated rings. The van der Waals surface area contributed by atoms with Crippen molar-refractivity contribution in [3.63, 3.8) is 0 Å². The van der Waals surface area contributed by atoms with Crippen LogP contribution in [0.15, 0.2) is 18.3 Å². The molecule has 0 bridgehead atoms. The minimum Gasteiger partial charge on any atom is -0.309 e. The smallest absolute Gasteiger partial charge is 0.0541 e. The molecule has 1 rings (SSSR count). The van der Waals surface area contributed by atoms with Gasteiger partial charge in [0.25, 0.3) is 0 Å². The van der Waals surface area contributed by atoms with Crippen LogP contribution in [0.2, 0.25) is 0 Å². The maximum Gasteiger partial charge on any atom is 0.0541 e. The molecule has 2 N–H and O–H groups in total. The van der Waals surface area contributed by atoms with E-state index in [1.54, 1.807) is 0 Å². The molecular weight excluding hydrogens is 210 g/mol. The van der Waals surface area contributed by atoms with Gasteiger partial charge in [-0.15, -0.1) is 0 Å². The van der Waals surface area contributed by atoms with Crippen LogP contribution in [0.1, 0.15) is 45.9 Å². The zero-order valence-electron chi connectivity index (χ0n) is 11.7. The van der Waals surface area contributed by atoms with Gasteiger partial charge >= 0.3 is 0 Å². The Balaban J connectivity index is 2.45. The fraction of sp³-hybridized carbons (Fsp3) is 0.643. The van der Waals surface area contributed by atoms with Crippen molar-refractivity contribution in [1.29, 1.82) is 0 Å². The van der Waals surface area contributed by atoms with Gasteiger partial charge in [0.15, 0.2) is 0 Å². The first-order chi connectivity index (χ1) is 7.87. The van der Waals surface area contributed by atoms with E-state index < -0.39 is 0 Å². The molecule has 0 saturated heterocycles. The maximum atomic E-state index is 4.45.